The summed E-state index contributed by atoms with van der Waals surface area (Å²) in [7, 11) is 1.78. The molecule has 21 heavy (non-hydrogen) atoms. The maximum Gasteiger partial charge on any atom is 0.271 e. The van der Waals surface area contributed by atoms with E-state index >= 15 is 0 Å². The average molecular weight is 283 g/mol. The molecule has 0 saturated heterocycles. The van der Waals surface area contributed by atoms with Gasteiger partial charge in [0.25, 0.3) is 11.5 Å². The number of nitrogens with zero attached hydrogens (tertiary/aromatic N) is 3. The van der Waals surface area contributed by atoms with E-state index in [2.05, 4.69) is 20.6 Å². The molecule has 1 aromatic carbocycles. The van der Waals surface area contributed by atoms with E-state index in [0.29, 0.717) is 11.1 Å². The number of H-pyrrole nitrogens is 1. The van der Waals surface area contributed by atoms with E-state index in [1.54, 1.807) is 49.0 Å². The van der Waals surface area contributed by atoms with E-state index in [1.807, 2.05) is 0 Å². The van der Waals surface area contributed by atoms with Crippen molar-refractivity contribution in [3.8, 4) is 0 Å². The molecule has 0 atom stereocenters. The number of carbonyl (C=O) groups excluding carboxylic acids is 1. The van der Waals surface area contributed by atoms with Crippen molar-refractivity contribution in [2.75, 3.05) is 5.32 Å². The predicted molar refractivity (Wildman–Crippen MR) is 78.3 cm³/mol. The van der Waals surface area contributed by atoms with E-state index < -0.39 is 0 Å². The van der Waals surface area contributed by atoms with E-state index in [4.69, 9.17) is 0 Å². The highest BCUT2D eigenvalue weighted by molar-refractivity contribution is 6.05. The zero-order chi connectivity index (χ0) is 15.0. The Balaban J connectivity index is 1.91. The van der Waals surface area contributed by atoms with Crippen LogP contribution in [0.25, 0.3) is 11.0 Å². The summed E-state index contributed by atoms with van der Waals surface area (Å²) in [5, 5.41) is 10.4. The number of hydrogen-bond donors (Lipinski definition) is 2. The van der Waals surface area contributed by atoms with E-state index in [1.165, 1.54) is 0 Å². The Labute approximate surface area is 119 Å². The molecule has 0 unspecified atom stereocenters. The van der Waals surface area contributed by atoms with Crippen LogP contribution >= 0.6 is 0 Å². The Morgan fingerprint density at radius 1 is 1.29 bits per heavy atom. The summed E-state index contributed by atoms with van der Waals surface area (Å²) in [6.07, 6.45) is 0. The molecule has 0 bridgehead atoms. The van der Waals surface area contributed by atoms with Gasteiger partial charge in [-0.15, -0.1) is 5.10 Å². The molecule has 7 nitrogen and oxygen atoms in total. The fraction of sp³-hybridized carbons (Fsp3) is 0.143. The SMILES string of the molecule is Cc1ccc(NC(=O)c2ccc3c(c2)nnn3C)c(=O)[nH]1. The maximum atomic E-state index is 12.2. The molecule has 0 fully saturated rings. The Morgan fingerprint density at radius 2 is 2.10 bits per heavy atom. The van der Waals surface area contributed by atoms with Gasteiger partial charge in [-0.05, 0) is 37.3 Å². The van der Waals surface area contributed by atoms with Gasteiger partial charge < -0.3 is 10.3 Å². The fourth-order valence-electron chi connectivity index (χ4n) is 2.05. The monoisotopic (exact) mass is 283 g/mol. The first-order valence-corrected chi connectivity index (χ1v) is 6.35. The number of rotatable bonds is 2. The highest BCUT2D eigenvalue weighted by Gasteiger charge is 2.11. The molecule has 0 aliphatic heterocycles. The van der Waals surface area contributed by atoms with Crippen LogP contribution < -0.4 is 10.9 Å². The lowest BCUT2D eigenvalue weighted by atomic mass is 10.2. The Kier molecular flexibility index (Phi) is 3.02. The molecule has 3 aromatic rings. The van der Waals surface area contributed by atoms with Gasteiger partial charge in [0.15, 0.2) is 0 Å². The molecule has 0 radical (unpaired) electrons. The average Bonchev–Trinajstić information content (AvgIpc) is 2.83. The molecule has 0 saturated carbocycles. The minimum Gasteiger partial charge on any atom is -0.325 e. The number of hydrogen-bond acceptors (Lipinski definition) is 4. The molecule has 7 heteroatoms. The maximum absolute atomic E-state index is 12.2. The third-order valence-electron chi connectivity index (χ3n) is 3.18. The summed E-state index contributed by atoms with van der Waals surface area (Å²) in [5.41, 5.74) is 2.50. The Bertz CT molecular complexity index is 894. The first-order chi connectivity index (χ1) is 10.0. The molecular weight excluding hydrogens is 270 g/mol. The molecule has 0 aliphatic carbocycles. The number of fused-ring (bicyclic) bond motifs is 1. The molecule has 2 aromatic heterocycles. The van der Waals surface area contributed by atoms with Crippen molar-refractivity contribution in [1.82, 2.24) is 20.0 Å². The molecule has 2 N–H and O–H groups in total. The van der Waals surface area contributed by atoms with Crippen LogP contribution in [0.1, 0.15) is 16.1 Å². The van der Waals surface area contributed by atoms with Crippen molar-refractivity contribution in [1.29, 1.82) is 0 Å². The van der Waals surface area contributed by atoms with Gasteiger partial charge in [-0.25, -0.2) is 4.68 Å². The lowest BCUT2D eigenvalue weighted by molar-refractivity contribution is 0.102. The summed E-state index contributed by atoms with van der Waals surface area (Å²) in [5.74, 6) is -0.364. The van der Waals surface area contributed by atoms with Crippen molar-refractivity contribution >= 4 is 22.6 Å². The van der Waals surface area contributed by atoms with E-state index in [0.717, 1.165) is 11.2 Å². The molecule has 3 rings (SSSR count). The summed E-state index contributed by atoms with van der Waals surface area (Å²) < 4.78 is 1.63. The minimum atomic E-state index is -0.364. The van der Waals surface area contributed by atoms with Crippen molar-refractivity contribution in [2.45, 2.75) is 6.92 Å². The van der Waals surface area contributed by atoms with Gasteiger partial charge >= 0.3 is 0 Å². The quantitative estimate of drug-likeness (QED) is 0.739. The number of benzene rings is 1. The van der Waals surface area contributed by atoms with Crippen LogP contribution in [-0.2, 0) is 7.05 Å². The van der Waals surface area contributed by atoms with Crippen LogP contribution in [-0.4, -0.2) is 25.9 Å². The van der Waals surface area contributed by atoms with Gasteiger partial charge in [-0.3, -0.25) is 9.59 Å². The molecule has 0 spiro atoms. The van der Waals surface area contributed by atoms with Gasteiger partial charge in [0.1, 0.15) is 11.2 Å². The van der Waals surface area contributed by atoms with Gasteiger partial charge in [0.05, 0.1) is 5.52 Å². The smallest absolute Gasteiger partial charge is 0.271 e. The van der Waals surface area contributed by atoms with Gasteiger partial charge in [-0.2, -0.15) is 0 Å². The fourth-order valence-corrected chi connectivity index (χ4v) is 2.05. The van der Waals surface area contributed by atoms with Crippen molar-refractivity contribution in [3.63, 3.8) is 0 Å². The number of aromatic nitrogens is 4. The van der Waals surface area contributed by atoms with Crippen LogP contribution in [0, 0.1) is 6.92 Å². The van der Waals surface area contributed by atoms with E-state index in [9.17, 15) is 9.59 Å². The van der Waals surface area contributed by atoms with E-state index in [-0.39, 0.29) is 17.2 Å². The third-order valence-corrected chi connectivity index (χ3v) is 3.18. The van der Waals surface area contributed by atoms with Crippen LogP contribution in [0.15, 0.2) is 35.1 Å². The highest BCUT2D eigenvalue weighted by atomic mass is 16.2. The lowest BCUT2D eigenvalue weighted by Gasteiger charge is -2.05. The first kappa shape index (κ1) is 13.0. The lowest BCUT2D eigenvalue weighted by Crippen LogP contribution is -2.20. The zero-order valence-electron chi connectivity index (χ0n) is 11.5. The summed E-state index contributed by atoms with van der Waals surface area (Å²) >= 11 is 0. The molecule has 1 amide bonds. The number of carbonyl (C=O) groups is 1. The third kappa shape index (κ3) is 2.40. The largest absolute Gasteiger partial charge is 0.325 e. The number of amides is 1. The van der Waals surface area contributed by atoms with Gasteiger partial charge in [0, 0.05) is 18.3 Å². The van der Waals surface area contributed by atoms with Gasteiger partial charge in [0.2, 0.25) is 0 Å². The highest BCUT2D eigenvalue weighted by Crippen LogP contribution is 2.13. The molecular formula is C14H13N5O2. The topological polar surface area (TPSA) is 92.7 Å². The summed E-state index contributed by atoms with van der Waals surface area (Å²) in [4.78, 5) is 26.5. The number of anilines is 1. The standard InChI is InChI=1S/C14H13N5O2/c1-8-3-5-10(14(21)15-8)16-13(20)9-4-6-12-11(7-9)17-18-19(12)2/h3-7H,1-2H3,(H,15,21)(H,16,20). The van der Waals surface area contributed by atoms with Crippen LogP contribution in [0.5, 0.6) is 0 Å². The van der Waals surface area contributed by atoms with Crippen molar-refractivity contribution in [2.24, 2.45) is 7.05 Å². The Morgan fingerprint density at radius 3 is 2.86 bits per heavy atom. The Hall–Kier alpha value is -2.96. The second-order valence-electron chi connectivity index (χ2n) is 4.75. The first-order valence-electron chi connectivity index (χ1n) is 6.35. The predicted octanol–water partition coefficient (Wildman–Crippen LogP) is 1.22. The summed E-state index contributed by atoms with van der Waals surface area (Å²) in [6, 6.07) is 8.38. The van der Waals surface area contributed by atoms with Crippen LogP contribution in [0.3, 0.4) is 0 Å². The molecule has 106 valence electrons. The van der Waals surface area contributed by atoms with Crippen molar-refractivity contribution in [3.05, 3.63) is 51.9 Å². The second kappa shape index (κ2) is 4.86. The summed E-state index contributed by atoms with van der Waals surface area (Å²) in [6.45, 7) is 1.77. The minimum absolute atomic E-state index is 0.213. The number of nitrogens with one attached hydrogen (secondary N) is 2. The van der Waals surface area contributed by atoms with Crippen molar-refractivity contribution < 1.29 is 4.79 Å². The zero-order valence-corrected chi connectivity index (χ0v) is 11.5. The normalized spacial score (nSPS) is 10.8. The van der Waals surface area contributed by atoms with Crippen LogP contribution in [0.4, 0.5) is 5.69 Å². The number of aryl methyl sites for hydroxylation is 2. The number of aromatic amines is 1. The number of pyridine rings is 1. The molecule has 0 aliphatic rings. The van der Waals surface area contributed by atoms with Gasteiger partial charge in [-0.1, -0.05) is 5.21 Å². The molecule has 2 heterocycles. The second-order valence-corrected chi connectivity index (χ2v) is 4.75. The van der Waals surface area contributed by atoms with Crippen LogP contribution in [0.2, 0.25) is 0 Å².